The number of rotatable bonds is 2. The van der Waals surface area contributed by atoms with E-state index >= 15 is 0 Å². The van der Waals surface area contributed by atoms with Crippen LogP contribution in [0.5, 0.6) is 0 Å². The molecule has 0 N–H and O–H groups in total. The van der Waals surface area contributed by atoms with E-state index in [1.807, 2.05) is 0 Å². The van der Waals surface area contributed by atoms with Gasteiger partial charge in [-0.1, -0.05) is 13.8 Å². The van der Waals surface area contributed by atoms with Gasteiger partial charge in [-0.3, -0.25) is 4.79 Å². The predicted octanol–water partition coefficient (Wildman–Crippen LogP) is 4.84. The topological polar surface area (TPSA) is 17.1 Å². The Kier molecular flexibility index (Phi) is 3.06. The fourth-order valence-corrected chi connectivity index (χ4v) is 6.63. The molecule has 20 heavy (non-hydrogen) atoms. The van der Waals surface area contributed by atoms with Gasteiger partial charge in [0, 0.05) is 11.3 Å². The van der Waals surface area contributed by atoms with Crippen LogP contribution in [0, 0.1) is 40.9 Å². The second-order valence-corrected chi connectivity index (χ2v) is 9.03. The smallest absolute Gasteiger partial charge is 0.142 e. The molecule has 0 heterocycles. The van der Waals surface area contributed by atoms with Gasteiger partial charge >= 0.3 is 0 Å². The first-order chi connectivity index (χ1) is 9.56. The molecule has 0 aromatic rings. The van der Waals surface area contributed by atoms with Gasteiger partial charge in [0.1, 0.15) is 5.78 Å². The van der Waals surface area contributed by atoms with Crippen molar-refractivity contribution >= 4 is 5.78 Å². The molecule has 0 amide bonds. The largest absolute Gasteiger partial charge is 0.299 e. The summed E-state index contributed by atoms with van der Waals surface area (Å²) in [5.74, 6) is 5.44. The highest BCUT2D eigenvalue weighted by molar-refractivity contribution is 5.87. The van der Waals surface area contributed by atoms with E-state index in [1.165, 1.54) is 57.8 Å². The van der Waals surface area contributed by atoms with E-state index in [0.717, 1.165) is 35.4 Å². The monoisotopic (exact) mass is 274 g/mol. The zero-order chi connectivity index (χ0) is 13.9. The van der Waals surface area contributed by atoms with E-state index in [2.05, 4.69) is 13.8 Å². The molecule has 0 aliphatic heterocycles. The Morgan fingerprint density at radius 2 is 1.35 bits per heavy atom. The van der Waals surface area contributed by atoms with Crippen molar-refractivity contribution in [1.29, 1.82) is 0 Å². The number of ketones is 1. The first-order valence-corrected chi connectivity index (χ1v) is 9.10. The Hall–Kier alpha value is -0.330. The lowest BCUT2D eigenvalue weighted by molar-refractivity contribution is -0.150. The van der Waals surface area contributed by atoms with Crippen LogP contribution in [0.1, 0.15) is 71.6 Å². The SMILES string of the molecule is CC1CCC(C(=O)C23CC4CC(CC(C4)C2)C3)CC1C. The van der Waals surface area contributed by atoms with E-state index in [-0.39, 0.29) is 5.41 Å². The highest BCUT2D eigenvalue weighted by Gasteiger charge is 2.55. The molecule has 0 radical (unpaired) electrons. The van der Waals surface area contributed by atoms with Crippen LogP contribution in [0.15, 0.2) is 0 Å². The van der Waals surface area contributed by atoms with E-state index in [0.29, 0.717) is 5.92 Å². The summed E-state index contributed by atoms with van der Waals surface area (Å²) in [6.45, 7) is 4.74. The van der Waals surface area contributed by atoms with Crippen molar-refractivity contribution < 1.29 is 4.79 Å². The molecule has 1 nitrogen and oxygen atoms in total. The lowest BCUT2D eigenvalue weighted by Crippen LogP contribution is -2.52. The molecule has 0 aromatic heterocycles. The number of carbonyl (C=O) groups excluding carboxylic acids is 1. The van der Waals surface area contributed by atoms with Crippen molar-refractivity contribution in [2.45, 2.75) is 71.6 Å². The fraction of sp³-hybridized carbons (Fsp3) is 0.947. The number of hydrogen-bond acceptors (Lipinski definition) is 1. The van der Waals surface area contributed by atoms with Crippen molar-refractivity contribution in [3.63, 3.8) is 0 Å². The average Bonchev–Trinajstić information content (AvgIpc) is 2.39. The van der Waals surface area contributed by atoms with Crippen LogP contribution < -0.4 is 0 Å². The van der Waals surface area contributed by atoms with Crippen LogP contribution in [0.2, 0.25) is 0 Å². The van der Waals surface area contributed by atoms with Crippen molar-refractivity contribution in [1.82, 2.24) is 0 Å². The number of carbonyl (C=O) groups is 1. The Morgan fingerprint density at radius 3 is 1.85 bits per heavy atom. The summed E-state index contributed by atoms with van der Waals surface area (Å²) < 4.78 is 0. The Bertz CT molecular complexity index is 375. The summed E-state index contributed by atoms with van der Waals surface area (Å²) in [4.78, 5) is 13.3. The summed E-state index contributed by atoms with van der Waals surface area (Å²) in [7, 11) is 0. The van der Waals surface area contributed by atoms with Crippen molar-refractivity contribution in [3.05, 3.63) is 0 Å². The summed E-state index contributed by atoms with van der Waals surface area (Å²) in [6.07, 6.45) is 11.8. The van der Waals surface area contributed by atoms with Crippen LogP contribution in [0.25, 0.3) is 0 Å². The van der Waals surface area contributed by atoms with Crippen molar-refractivity contribution in [2.24, 2.45) is 40.9 Å². The Labute approximate surface area is 123 Å². The molecular formula is C19H30O. The number of Topliss-reactive ketones (excluding diaryl/α,β-unsaturated/α-hetero) is 1. The van der Waals surface area contributed by atoms with Crippen LogP contribution in [-0.2, 0) is 4.79 Å². The van der Waals surface area contributed by atoms with Crippen LogP contribution in [0.3, 0.4) is 0 Å². The first kappa shape index (κ1) is 13.3. The van der Waals surface area contributed by atoms with Gasteiger partial charge in [0.2, 0.25) is 0 Å². The lowest BCUT2D eigenvalue weighted by Gasteiger charge is -2.57. The second kappa shape index (κ2) is 4.58. The molecule has 5 aliphatic carbocycles. The van der Waals surface area contributed by atoms with Gasteiger partial charge < -0.3 is 0 Å². The molecule has 5 aliphatic rings. The normalized spacial score (nSPS) is 54.1. The number of hydrogen-bond donors (Lipinski definition) is 0. The first-order valence-electron chi connectivity index (χ1n) is 9.10. The van der Waals surface area contributed by atoms with Gasteiger partial charge in [-0.15, -0.1) is 0 Å². The Morgan fingerprint density at radius 1 is 0.800 bits per heavy atom. The molecule has 5 saturated carbocycles. The maximum Gasteiger partial charge on any atom is 0.142 e. The van der Waals surface area contributed by atoms with E-state index in [4.69, 9.17) is 0 Å². The van der Waals surface area contributed by atoms with Crippen LogP contribution in [0.4, 0.5) is 0 Å². The third kappa shape index (κ3) is 1.99. The van der Waals surface area contributed by atoms with Crippen LogP contribution >= 0.6 is 0 Å². The van der Waals surface area contributed by atoms with Gasteiger partial charge in [-0.25, -0.2) is 0 Å². The van der Waals surface area contributed by atoms with Crippen molar-refractivity contribution in [2.75, 3.05) is 0 Å². The van der Waals surface area contributed by atoms with E-state index in [1.54, 1.807) is 0 Å². The summed E-state index contributed by atoms with van der Waals surface area (Å²) >= 11 is 0. The zero-order valence-electron chi connectivity index (χ0n) is 13.2. The van der Waals surface area contributed by atoms with Gasteiger partial charge in [0.15, 0.2) is 0 Å². The molecule has 3 unspecified atom stereocenters. The quantitative estimate of drug-likeness (QED) is 0.704. The third-order valence-corrected chi connectivity index (χ3v) is 7.53. The average molecular weight is 274 g/mol. The zero-order valence-corrected chi connectivity index (χ0v) is 13.2. The fourth-order valence-electron chi connectivity index (χ4n) is 6.63. The molecular weight excluding hydrogens is 244 g/mol. The minimum Gasteiger partial charge on any atom is -0.299 e. The van der Waals surface area contributed by atoms with Gasteiger partial charge in [-0.2, -0.15) is 0 Å². The summed E-state index contributed by atoms with van der Waals surface area (Å²) in [5, 5.41) is 0. The molecule has 0 aromatic carbocycles. The molecule has 5 rings (SSSR count). The molecule has 5 fully saturated rings. The van der Waals surface area contributed by atoms with E-state index < -0.39 is 0 Å². The minimum absolute atomic E-state index is 0.152. The molecule has 0 saturated heterocycles. The maximum absolute atomic E-state index is 13.3. The molecule has 4 bridgehead atoms. The summed E-state index contributed by atoms with van der Waals surface area (Å²) in [6, 6.07) is 0. The van der Waals surface area contributed by atoms with Gasteiger partial charge in [0.05, 0.1) is 0 Å². The summed E-state index contributed by atoms with van der Waals surface area (Å²) in [5.41, 5.74) is 0.152. The highest BCUT2D eigenvalue weighted by atomic mass is 16.1. The molecule has 1 heteroatoms. The Balaban J connectivity index is 1.53. The predicted molar refractivity (Wildman–Crippen MR) is 81.3 cm³/mol. The standard InChI is InChI=1S/C19H30O/c1-12-3-4-17(5-13(12)2)18(20)19-9-14-6-15(10-19)8-16(7-14)11-19/h12-17H,3-11H2,1-2H3. The van der Waals surface area contributed by atoms with Gasteiger partial charge in [0.25, 0.3) is 0 Å². The molecule has 112 valence electrons. The van der Waals surface area contributed by atoms with Gasteiger partial charge in [-0.05, 0) is 87.4 Å². The molecule has 0 spiro atoms. The maximum atomic E-state index is 13.3. The van der Waals surface area contributed by atoms with Crippen LogP contribution in [-0.4, -0.2) is 5.78 Å². The van der Waals surface area contributed by atoms with Crippen molar-refractivity contribution in [3.8, 4) is 0 Å². The third-order valence-electron chi connectivity index (χ3n) is 7.53. The molecule has 3 atom stereocenters. The second-order valence-electron chi connectivity index (χ2n) is 9.03. The lowest BCUT2D eigenvalue weighted by atomic mass is 9.47. The minimum atomic E-state index is 0.152. The van der Waals surface area contributed by atoms with E-state index in [9.17, 15) is 4.79 Å². The highest BCUT2D eigenvalue weighted by Crippen LogP contribution is 2.61.